The molecule has 1 atom stereocenters. The minimum absolute atomic E-state index is 0.0410. The molecular formula is C18H31N2O5PS2. The first kappa shape index (κ1) is 25.2. The minimum Gasteiger partial charge on any atom is -0.491 e. The smallest absolute Gasteiger partial charge is 0.405 e. The maximum atomic E-state index is 11.5. The van der Waals surface area contributed by atoms with Gasteiger partial charge in [-0.15, -0.1) is 0 Å². The lowest BCUT2D eigenvalue weighted by atomic mass is 10.2. The second-order valence-corrected chi connectivity index (χ2v) is 10.7. The number of ether oxygens (including phenoxy) is 1. The predicted molar refractivity (Wildman–Crippen MR) is 118 cm³/mol. The third kappa shape index (κ3) is 7.89. The molecule has 0 spiro atoms. The van der Waals surface area contributed by atoms with E-state index in [1.54, 1.807) is 0 Å². The van der Waals surface area contributed by atoms with E-state index in [2.05, 4.69) is 5.32 Å². The van der Waals surface area contributed by atoms with Crippen molar-refractivity contribution < 1.29 is 23.7 Å². The molecule has 28 heavy (non-hydrogen) atoms. The molecule has 0 radical (unpaired) electrons. The Kier molecular flexibility index (Phi) is 11.4. The van der Waals surface area contributed by atoms with Crippen LogP contribution in [0.2, 0.25) is 0 Å². The van der Waals surface area contributed by atoms with Gasteiger partial charge in [0.05, 0.1) is 19.3 Å². The first-order chi connectivity index (χ1) is 13.3. The highest BCUT2D eigenvalue weighted by Crippen LogP contribution is 2.58. The Hall–Kier alpha value is -0.830. The van der Waals surface area contributed by atoms with E-state index in [-0.39, 0.29) is 6.10 Å². The summed E-state index contributed by atoms with van der Waals surface area (Å²) >= 11 is 7.02. The van der Waals surface area contributed by atoms with E-state index in [1.807, 2.05) is 63.0 Å². The third-order valence-electron chi connectivity index (χ3n) is 3.32. The van der Waals surface area contributed by atoms with Crippen LogP contribution in [0.25, 0.3) is 0 Å². The van der Waals surface area contributed by atoms with Crippen molar-refractivity contribution in [2.75, 3.05) is 19.8 Å². The Morgan fingerprint density at radius 2 is 1.86 bits per heavy atom. The number of amides is 1. The molecule has 1 aromatic rings. The number of hydrogen-bond acceptors (Lipinski definition) is 6. The Balaban J connectivity index is 3.28. The highest BCUT2D eigenvalue weighted by molar-refractivity contribution is 8.15. The van der Waals surface area contributed by atoms with Gasteiger partial charge in [0.15, 0.2) is 0 Å². The van der Waals surface area contributed by atoms with E-state index in [0.29, 0.717) is 25.5 Å². The molecule has 1 amide bonds. The lowest BCUT2D eigenvalue weighted by Crippen LogP contribution is -2.29. The van der Waals surface area contributed by atoms with E-state index in [1.165, 1.54) is 11.9 Å². The van der Waals surface area contributed by atoms with Gasteiger partial charge in [-0.25, -0.2) is 4.79 Å². The normalized spacial score (nSPS) is 13.0. The van der Waals surface area contributed by atoms with Crippen molar-refractivity contribution >= 4 is 36.5 Å². The molecule has 0 saturated carbocycles. The lowest BCUT2D eigenvalue weighted by molar-refractivity contribution is 0.192. The topological polar surface area (TPSA) is 80.3 Å². The maximum absolute atomic E-state index is 11.5. The van der Waals surface area contributed by atoms with Crippen LogP contribution in [0.4, 0.5) is 4.79 Å². The molecule has 160 valence electrons. The summed E-state index contributed by atoms with van der Waals surface area (Å²) < 4.78 is 19.4. The van der Waals surface area contributed by atoms with Crippen molar-refractivity contribution in [3.63, 3.8) is 0 Å². The summed E-state index contributed by atoms with van der Waals surface area (Å²) in [6.07, 6.45) is -0.356. The number of benzene rings is 1. The number of nitrogens with zero attached hydrogens (tertiary/aromatic N) is 1. The predicted octanol–water partition coefficient (Wildman–Crippen LogP) is 5.40. The summed E-state index contributed by atoms with van der Waals surface area (Å²) in [5.41, 5.74) is 0.722. The third-order valence-corrected chi connectivity index (χ3v) is 8.70. The first-order valence-corrected chi connectivity index (χ1v) is 12.8. The summed E-state index contributed by atoms with van der Waals surface area (Å²) in [5.74, 6) is 0.626. The van der Waals surface area contributed by atoms with Crippen molar-refractivity contribution in [3.05, 3.63) is 29.8 Å². The van der Waals surface area contributed by atoms with Crippen molar-refractivity contribution in [2.45, 2.75) is 52.5 Å². The van der Waals surface area contributed by atoms with Gasteiger partial charge < -0.3 is 24.2 Å². The number of nitrogens with one attached hydrogen (secondary N) is 1. The minimum atomic E-state index is -2.75. The summed E-state index contributed by atoms with van der Waals surface area (Å²) in [5, 5.41) is 11.4. The van der Waals surface area contributed by atoms with E-state index in [9.17, 15) is 9.90 Å². The maximum Gasteiger partial charge on any atom is 0.405 e. The van der Waals surface area contributed by atoms with Gasteiger partial charge in [0.2, 0.25) is 0 Å². The van der Waals surface area contributed by atoms with Crippen LogP contribution >= 0.6 is 18.6 Å². The summed E-state index contributed by atoms with van der Waals surface area (Å²) in [7, 11) is 0. The highest BCUT2D eigenvalue weighted by atomic mass is 32.5. The average molecular weight is 451 g/mol. The van der Waals surface area contributed by atoms with E-state index < -0.39 is 18.1 Å². The highest BCUT2D eigenvalue weighted by Gasteiger charge is 2.32. The monoisotopic (exact) mass is 450 g/mol. The second-order valence-electron chi connectivity index (χ2n) is 6.02. The lowest BCUT2D eigenvalue weighted by Gasteiger charge is -2.34. The van der Waals surface area contributed by atoms with Gasteiger partial charge in [-0.3, -0.25) is 0 Å². The zero-order chi connectivity index (χ0) is 21.2. The average Bonchev–Trinajstić information content (AvgIpc) is 2.60. The molecule has 7 nitrogen and oxygen atoms in total. The van der Waals surface area contributed by atoms with Crippen LogP contribution in [0.1, 0.15) is 52.0 Å². The van der Waals surface area contributed by atoms with E-state index >= 15 is 0 Å². The largest absolute Gasteiger partial charge is 0.491 e. The van der Waals surface area contributed by atoms with Crippen LogP contribution in [0, 0.1) is 0 Å². The van der Waals surface area contributed by atoms with Gasteiger partial charge in [0.25, 0.3) is 6.64 Å². The molecule has 0 saturated heterocycles. The van der Waals surface area contributed by atoms with Crippen LogP contribution in [0.3, 0.4) is 0 Å². The number of carboxylic acid groups (broad SMARTS) is 1. The molecule has 0 bridgehead atoms. The van der Waals surface area contributed by atoms with Gasteiger partial charge >= 0.3 is 6.09 Å². The summed E-state index contributed by atoms with van der Waals surface area (Å²) in [4.78, 5) is 11.5. The molecule has 0 aliphatic rings. The van der Waals surface area contributed by atoms with Crippen LogP contribution in [0.15, 0.2) is 24.3 Å². The van der Waals surface area contributed by atoms with Crippen LogP contribution in [-0.4, -0.2) is 41.1 Å². The Morgan fingerprint density at radius 1 is 1.25 bits per heavy atom. The van der Waals surface area contributed by atoms with Gasteiger partial charge in [-0.1, -0.05) is 25.1 Å². The molecule has 1 rings (SSSR count). The van der Waals surface area contributed by atoms with E-state index in [4.69, 9.17) is 25.6 Å². The van der Waals surface area contributed by atoms with Crippen LogP contribution < -0.4 is 10.1 Å². The van der Waals surface area contributed by atoms with Crippen molar-refractivity contribution in [1.29, 1.82) is 0 Å². The van der Waals surface area contributed by atoms with Gasteiger partial charge in [0.1, 0.15) is 11.1 Å². The fourth-order valence-corrected chi connectivity index (χ4v) is 7.04. The first-order valence-electron chi connectivity index (χ1n) is 9.36. The zero-order valence-electron chi connectivity index (χ0n) is 17.1. The Bertz CT molecular complexity index is 653. The standard InChI is InChI=1S/C18H31N2O5PS2/c1-6-13-20(26(27,23-7-2)24-8-3)28-17(19-18(21)22)15-11-9-10-12-16(15)25-14(4)5/h9-12,14,17,19H,6-8,13H2,1-5H3,(H,21,22). The fourth-order valence-electron chi connectivity index (χ4n) is 2.37. The number of carbonyl (C=O) groups is 1. The molecule has 10 heteroatoms. The zero-order valence-corrected chi connectivity index (χ0v) is 19.6. The van der Waals surface area contributed by atoms with Gasteiger partial charge in [-0.2, -0.15) is 4.08 Å². The molecule has 0 heterocycles. The Labute approximate surface area is 177 Å². The summed E-state index contributed by atoms with van der Waals surface area (Å²) in [6, 6.07) is 7.39. The molecule has 0 aromatic heterocycles. The van der Waals surface area contributed by atoms with Gasteiger partial charge in [0, 0.05) is 12.1 Å². The molecule has 0 aliphatic carbocycles. The second kappa shape index (κ2) is 12.7. The SMILES string of the molecule is CCCN(SC(NC(=O)O)c1ccccc1OC(C)C)P(=S)(OCC)OCC. The molecule has 2 N–H and O–H groups in total. The van der Waals surface area contributed by atoms with E-state index in [0.717, 1.165) is 12.0 Å². The molecular weight excluding hydrogens is 419 g/mol. The Morgan fingerprint density at radius 3 is 2.36 bits per heavy atom. The van der Waals surface area contributed by atoms with Crippen LogP contribution in [0.5, 0.6) is 5.75 Å². The van der Waals surface area contributed by atoms with Crippen molar-refractivity contribution in [2.24, 2.45) is 0 Å². The number of hydrogen-bond donors (Lipinski definition) is 2. The van der Waals surface area contributed by atoms with Crippen molar-refractivity contribution in [1.82, 2.24) is 9.39 Å². The number of rotatable bonds is 13. The fraction of sp³-hybridized carbons (Fsp3) is 0.611. The summed E-state index contributed by atoms with van der Waals surface area (Å²) in [6.45, 7) is 8.31. The number of para-hydroxylation sites is 1. The van der Waals surface area contributed by atoms with Gasteiger partial charge in [-0.05, 0) is 63.9 Å². The molecule has 0 aliphatic heterocycles. The van der Waals surface area contributed by atoms with Crippen molar-refractivity contribution in [3.8, 4) is 5.75 Å². The molecule has 1 unspecified atom stereocenters. The quantitative estimate of drug-likeness (QED) is 0.235. The molecule has 0 fully saturated rings. The van der Waals surface area contributed by atoms with Crippen LogP contribution in [-0.2, 0) is 20.9 Å². The molecule has 1 aromatic carbocycles.